The van der Waals surface area contributed by atoms with Crippen molar-refractivity contribution in [2.24, 2.45) is 0 Å². The summed E-state index contributed by atoms with van der Waals surface area (Å²) in [6.45, 7) is 0. The Hall–Kier alpha value is -4.56. The van der Waals surface area contributed by atoms with Crippen molar-refractivity contribution < 1.29 is 4.42 Å². The second kappa shape index (κ2) is 6.49. The molecule has 0 fully saturated rings. The van der Waals surface area contributed by atoms with Crippen molar-refractivity contribution in [3.63, 3.8) is 0 Å². The minimum atomic E-state index is 0.919. The van der Waals surface area contributed by atoms with Crippen LogP contribution in [0.2, 0.25) is 0 Å². The summed E-state index contributed by atoms with van der Waals surface area (Å²) < 4.78 is 6.34. The van der Waals surface area contributed by atoms with Gasteiger partial charge in [0.2, 0.25) is 0 Å². The first-order valence-corrected chi connectivity index (χ1v) is 11.6. The molecule has 34 heavy (non-hydrogen) atoms. The van der Waals surface area contributed by atoms with E-state index in [0.717, 1.165) is 33.1 Å². The van der Waals surface area contributed by atoms with E-state index in [2.05, 4.69) is 114 Å². The number of hydrogen-bond donors (Lipinski definition) is 1. The Morgan fingerprint density at radius 3 is 2.21 bits per heavy atom. The van der Waals surface area contributed by atoms with E-state index in [1.54, 1.807) is 0 Å². The molecular formula is C32H19NO. The van der Waals surface area contributed by atoms with Crippen LogP contribution in [-0.4, -0.2) is 4.98 Å². The summed E-state index contributed by atoms with van der Waals surface area (Å²) in [4.78, 5) is 3.71. The monoisotopic (exact) mass is 433 g/mol. The van der Waals surface area contributed by atoms with Gasteiger partial charge in [-0.1, -0.05) is 78.9 Å². The van der Waals surface area contributed by atoms with Crippen LogP contribution in [0.4, 0.5) is 0 Å². The van der Waals surface area contributed by atoms with Crippen molar-refractivity contribution in [1.82, 2.24) is 4.98 Å². The Balaban J connectivity index is 1.39. The van der Waals surface area contributed by atoms with Gasteiger partial charge in [0.05, 0.1) is 5.52 Å². The molecular weight excluding hydrogens is 414 g/mol. The lowest BCUT2D eigenvalue weighted by atomic mass is 9.99. The Morgan fingerprint density at radius 2 is 1.29 bits per heavy atom. The number of fused-ring (bicyclic) bond motifs is 9. The molecule has 158 valence electrons. The van der Waals surface area contributed by atoms with E-state index in [1.807, 2.05) is 0 Å². The third-order valence-corrected chi connectivity index (χ3v) is 7.17. The van der Waals surface area contributed by atoms with Gasteiger partial charge in [0.15, 0.2) is 0 Å². The predicted octanol–water partition coefficient (Wildman–Crippen LogP) is 9.19. The fourth-order valence-corrected chi connectivity index (χ4v) is 5.57. The number of furan rings is 1. The van der Waals surface area contributed by atoms with E-state index in [-0.39, 0.29) is 0 Å². The lowest BCUT2D eigenvalue weighted by Gasteiger charge is -2.04. The van der Waals surface area contributed by atoms with Crippen LogP contribution in [0.15, 0.2) is 114 Å². The zero-order valence-electron chi connectivity index (χ0n) is 18.3. The molecule has 0 aliphatic heterocycles. The van der Waals surface area contributed by atoms with Gasteiger partial charge in [-0.3, -0.25) is 0 Å². The molecule has 1 N–H and O–H groups in total. The van der Waals surface area contributed by atoms with Crippen molar-refractivity contribution in [1.29, 1.82) is 0 Å². The van der Waals surface area contributed by atoms with Gasteiger partial charge in [-0.15, -0.1) is 0 Å². The number of benzene rings is 6. The largest absolute Gasteiger partial charge is 0.456 e. The first kappa shape index (κ1) is 17.9. The van der Waals surface area contributed by atoms with Crippen LogP contribution in [0, 0.1) is 0 Å². The topological polar surface area (TPSA) is 28.9 Å². The van der Waals surface area contributed by atoms with E-state index in [0.29, 0.717) is 0 Å². The zero-order valence-corrected chi connectivity index (χ0v) is 18.3. The molecule has 0 saturated heterocycles. The van der Waals surface area contributed by atoms with Crippen LogP contribution in [0.5, 0.6) is 0 Å². The Bertz CT molecular complexity index is 2070. The van der Waals surface area contributed by atoms with Gasteiger partial charge in [0.1, 0.15) is 11.2 Å². The summed E-state index contributed by atoms with van der Waals surface area (Å²) in [5.74, 6) is 0. The Labute approximate surface area is 195 Å². The minimum Gasteiger partial charge on any atom is -0.456 e. The number of hydrogen-bond acceptors (Lipinski definition) is 1. The summed E-state index contributed by atoms with van der Waals surface area (Å²) >= 11 is 0. The number of H-pyrrole nitrogens is 1. The van der Waals surface area contributed by atoms with E-state index >= 15 is 0 Å². The van der Waals surface area contributed by atoms with E-state index in [1.165, 1.54) is 43.3 Å². The third-order valence-electron chi connectivity index (χ3n) is 7.17. The molecule has 2 aromatic heterocycles. The molecule has 8 aromatic rings. The minimum absolute atomic E-state index is 0.919. The van der Waals surface area contributed by atoms with Crippen molar-refractivity contribution in [2.75, 3.05) is 0 Å². The average molecular weight is 434 g/mol. The molecule has 0 atom stereocenters. The number of rotatable bonds is 1. The van der Waals surface area contributed by atoms with Gasteiger partial charge < -0.3 is 9.40 Å². The normalized spacial score (nSPS) is 12.1. The van der Waals surface area contributed by atoms with Crippen molar-refractivity contribution in [3.05, 3.63) is 109 Å². The van der Waals surface area contributed by atoms with Crippen LogP contribution >= 0.6 is 0 Å². The summed E-state index contributed by atoms with van der Waals surface area (Å²) in [5.41, 5.74) is 6.51. The van der Waals surface area contributed by atoms with E-state index in [9.17, 15) is 0 Å². The molecule has 6 aromatic carbocycles. The highest BCUT2D eigenvalue weighted by atomic mass is 16.3. The van der Waals surface area contributed by atoms with Gasteiger partial charge >= 0.3 is 0 Å². The van der Waals surface area contributed by atoms with E-state index < -0.39 is 0 Å². The van der Waals surface area contributed by atoms with Crippen molar-refractivity contribution in [2.45, 2.75) is 0 Å². The van der Waals surface area contributed by atoms with Gasteiger partial charge in [0.25, 0.3) is 0 Å². The third kappa shape index (κ3) is 2.40. The highest BCUT2D eigenvalue weighted by Gasteiger charge is 2.14. The van der Waals surface area contributed by atoms with Crippen LogP contribution in [-0.2, 0) is 0 Å². The quantitative estimate of drug-likeness (QED) is 0.275. The number of nitrogens with one attached hydrogen (secondary N) is 1. The lowest BCUT2D eigenvalue weighted by Crippen LogP contribution is -1.80. The first-order chi connectivity index (χ1) is 16.8. The molecule has 8 rings (SSSR count). The number of para-hydroxylation sites is 1. The highest BCUT2D eigenvalue weighted by Crippen LogP contribution is 2.39. The first-order valence-electron chi connectivity index (χ1n) is 11.6. The summed E-state index contributed by atoms with van der Waals surface area (Å²) in [5, 5.41) is 9.83. The van der Waals surface area contributed by atoms with Gasteiger partial charge in [-0.05, 0) is 57.4 Å². The van der Waals surface area contributed by atoms with Gasteiger partial charge in [-0.2, -0.15) is 0 Å². The molecule has 0 bridgehead atoms. The zero-order chi connectivity index (χ0) is 22.2. The molecule has 0 saturated carbocycles. The molecule has 0 amide bonds. The summed E-state index contributed by atoms with van der Waals surface area (Å²) in [6.07, 6.45) is 0. The van der Waals surface area contributed by atoms with Gasteiger partial charge in [-0.25, -0.2) is 0 Å². The lowest BCUT2D eigenvalue weighted by molar-refractivity contribution is 0.669. The molecule has 0 aliphatic rings. The van der Waals surface area contributed by atoms with Crippen LogP contribution in [0.3, 0.4) is 0 Å². The average Bonchev–Trinajstić information content (AvgIpc) is 3.44. The van der Waals surface area contributed by atoms with Gasteiger partial charge in [0, 0.05) is 32.6 Å². The highest BCUT2D eigenvalue weighted by molar-refractivity contribution is 6.20. The van der Waals surface area contributed by atoms with Crippen molar-refractivity contribution in [3.8, 4) is 11.1 Å². The molecule has 2 nitrogen and oxygen atoms in total. The molecule has 0 aliphatic carbocycles. The van der Waals surface area contributed by atoms with Crippen LogP contribution in [0.1, 0.15) is 0 Å². The predicted molar refractivity (Wildman–Crippen MR) is 144 cm³/mol. The molecule has 2 heterocycles. The Morgan fingerprint density at radius 1 is 0.500 bits per heavy atom. The second-order valence-corrected chi connectivity index (χ2v) is 9.07. The fraction of sp³-hybridized carbons (Fsp3) is 0. The SMILES string of the molecule is c1ccc2cc3c(cc2c1)[nH]c1c(-c2ccc4c(c2)oc2ccc5ccccc5c24)cccc13. The maximum atomic E-state index is 6.34. The molecule has 0 spiro atoms. The second-order valence-electron chi connectivity index (χ2n) is 9.07. The molecule has 0 unspecified atom stereocenters. The van der Waals surface area contributed by atoms with Crippen molar-refractivity contribution >= 4 is 65.3 Å². The van der Waals surface area contributed by atoms with Crippen LogP contribution < -0.4 is 0 Å². The maximum Gasteiger partial charge on any atom is 0.136 e. The van der Waals surface area contributed by atoms with E-state index in [4.69, 9.17) is 4.42 Å². The van der Waals surface area contributed by atoms with Crippen LogP contribution in [0.25, 0.3) is 76.4 Å². The molecule has 2 heteroatoms. The number of aromatic amines is 1. The molecule has 0 radical (unpaired) electrons. The maximum absolute atomic E-state index is 6.34. The smallest absolute Gasteiger partial charge is 0.136 e. The fourth-order valence-electron chi connectivity index (χ4n) is 5.57. The Kier molecular flexibility index (Phi) is 3.42. The number of aromatic nitrogens is 1. The summed E-state index contributed by atoms with van der Waals surface area (Å²) in [7, 11) is 0. The summed E-state index contributed by atoms with van der Waals surface area (Å²) in [6, 6.07) is 39.0. The standard InChI is InChI=1S/C32H19NO/c1-2-8-21-17-28-27(16-20(21)7-1)25-11-5-10-24(32(25)33-28)22-12-14-26-30(18-22)34-29-15-13-19-6-3-4-9-23(19)31(26)29/h1-18,33H.